The molecule has 0 aliphatic carbocycles. The summed E-state index contributed by atoms with van der Waals surface area (Å²) in [7, 11) is 1.55. The van der Waals surface area contributed by atoms with Crippen molar-refractivity contribution in [3.05, 3.63) is 83.0 Å². The Bertz CT molecular complexity index is 1530. The molecule has 2 aromatic heterocycles. The Morgan fingerprint density at radius 2 is 1.84 bits per heavy atom. The SMILES string of the molecule is COc1ccnc(NC(=O)c2ccc(-c3nn4c(c3C(N)=O)Nc3ccc(C(C)(C)C)cc3CC4)cc2)c1. The van der Waals surface area contributed by atoms with Gasteiger partial charge in [-0.25, -0.2) is 9.67 Å². The smallest absolute Gasteiger partial charge is 0.256 e. The van der Waals surface area contributed by atoms with E-state index in [9.17, 15) is 9.59 Å². The van der Waals surface area contributed by atoms with E-state index in [1.807, 2.05) is 6.07 Å². The fourth-order valence-corrected chi connectivity index (χ4v) is 4.50. The maximum Gasteiger partial charge on any atom is 0.256 e. The van der Waals surface area contributed by atoms with Crippen molar-refractivity contribution in [2.24, 2.45) is 5.73 Å². The van der Waals surface area contributed by atoms with Crippen LogP contribution < -0.4 is 21.1 Å². The number of carbonyl (C=O) groups excluding carboxylic acids is 2. The quantitative estimate of drug-likeness (QED) is 0.351. The van der Waals surface area contributed by atoms with Crippen molar-refractivity contribution in [3.63, 3.8) is 0 Å². The van der Waals surface area contributed by atoms with Gasteiger partial charge in [0.05, 0.1) is 7.11 Å². The van der Waals surface area contributed by atoms with Gasteiger partial charge in [0.2, 0.25) is 0 Å². The number of hydrogen-bond donors (Lipinski definition) is 3. The molecule has 194 valence electrons. The molecular formula is C29H30N6O3. The number of carbonyl (C=O) groups is 2. The summed E-state index contributed by atoms with van der Waals surface area (Å²) in [5.41, 5.74) is 11.1. The Kier molecular flexibility index (Phi) is 6.36. The zero-order valence-electron chi connectivity index (χ0n) is 21.8. The van der Waals surface area contributed by atoms with Gasteiger partial charge in [-0.1, -0.05) is 45.0 Å². The van der Waals surface area contributed by atoms with Crippen LogP contribution in [0.15, 0.2) is 60.8 Å². The number of amides is 2. The normalized spacial score (nSPS) is 12.5. The lowest BCUT2D eigenvalue weighted by molar-refractivity contribution is 0.0998. The molecule has 3 heterocycles. The number of primary amides is 1. The second-order valence-electron chi connectivity index (χ2n) is 10.3. The number of ether oxygens (including phenoxy) is 1. The molecule has 9 nitrogen and oxygen atoms in total. The van der Waals surface area contributed by atoms with Gasteiger partial charge >= 0.3 is 0 Å². The molecule has 0 spiro atoms. The number of nitrogens with zero attached hydrogens (tertiary/aromatic N) is 3. The molecule has 0 unspecified atom stereocenters. The Labute approximate surface area is 221 Å². The average Bonchev–Trinajstić information content (AvgIpc) is 3.16. The molecule has 4 aromatic rings. The van der Waals surface area contributed by atoms with Crippen molar-refractivity contribution >= 4 is 29.1 Å². The highest BCUT2D eigenvalue weighted by molar-refractivity contribution is 6.06. The molecule has 0 fully saturated rings. The van der Waals surface area contributed by atoms with Crippen LogP contribution in [0.5, 0.6) is 5.75 Å². The largest absolute Gasteiger partial charge is 0.497 e. The summed E-state index contributed by atoms with van der Waals surface area (Å²) < 4.78 is 6.97. The molecule has 4 N–H and O–H groups in total. The summed E-state index contributed by atoms with van der Waals surface area (Å²) in [5, 5.41) is 10.9. The van der Waals surface area contributed by atoms with Crippen LogP contribution in [0.25, 0.3) is 11.3 Å². The first-order chi connectivity index (χ1) is 18.1. The first-order valence-electron chi connectivity index (χ1n) is 12.4. The van der Waals surface area contributed by atoms with Crippen molar-refractivity contribution in [1.82, 2.24) is 14.8 Å². The predicted molar refractivity (Wildman–Crippen MR) is 147 cm³/mol. The van der Waals surface area contributed by atoms with E-state index >= 15 is 0 Å². The molecule has 1 aliphatic rings. The van der Waals surface area contributed by atoms with Gasteiger partial charge in [0.15, 0.2) is 0 Å². The average molecular weight is 511 g/mol. The molecule has 0 atom stereocenters. The molecular weight excluding hydrogens is 480 g/mol. The molecule has 0 bridgehead atoms. The van der Waals surface area contributed by atoms with Crippen LogP contribution in [0.4, 0.5) is 17.3 Å². The Morgan fingerprint density at radius 3 is 2.53 bits per heavy atom. The highest BCUT2D eigenvalue weighted by Crippen LogP contribution is 2.36. The number of methoxy groups -OCH3 is 1. The Morgan fingerprint density at radius 1 is 1.08 bits per heavy atom. The monoisotopic (exact) mass is 510 g/mol. The van der Waals surface area contributed by atoms with Crippen molar-refractivity contribution in [2.75, 3.05) is 17.7 Å². The van der Waals surface area contributed by atoms with Crippen LogP contribution >= 0.6 is 0 Å². The van der Waals surface area contributed by atoms with Crippen molar-refractivity contribution in [3.8, 4) is 17.0 Å². The number of aromatic nitrogens is 3. The number of nitrogens with one attached hydrogen (secondary N) is 2. The maximum atomic E-state index is 12.7. The van der Waals surface area contributed by atoms with Gasteiger partial charge in [0, 0.05) is 35.6 Å². The number of pyridine rings is 1. The number of anilines is 3. The number of fused-ring (bicyclic) bond motifs is 2. The third-order valence-electron chi connectivity index (χ3n) is 6.65. The van der Waals surface area contributed by atoms with Gasteiger partial charge < -0.3 is 21.1 Å². The maximum absolute atomic E-state index is 12.7. The summed E-state index contributed by atoms with van der Waals surface area (Å²) in [6.45, 7) is 7.15. The van der Waals surface area contributed by atoms with Gasteiger partial charge in [-0.2, -0.15) is 5.10 Å². The van der Waals surface area contributed by atoms with Crippen molar-refractivity contribution in [2.45, 2.75) is 39.2 Å². The molecule has 0 saturated heterocycles. The molecule has 38 heavy (non-hydrogen) atoms. The Hall–Kier alpha value is -4.66. The number of benzene rings is 2. The van der Waals surface area contributed by atoms with E-state index in [0.717, 1.165) is 12.1 Å². The summed E-state index contributed by atoms with van der Waals surface area (Å²) in [5.74, 6) is 0.652. The van der Waals surface area contributed by atoms with Gasteiger partial charge in [-0.15, -0.1) is 0 Å². The van der Waals surface area contributed by atoms with Gasteiger partial charge in [0.25, 0.3) is 11.8 Å². The highest BCUT2D eigenvalue weighted by atomic mass is 16.5. The molecule has 0 radical (unpaired) electrons. The van der Waals surface area contributed by atoms with Gasteiger partial charge in [0.1, 0.15) is 28.6 Å². The molecule has 1 aliphatic heterocycles. The number of aryl methyl sites for hydroxylation is 2. The number of hydrogen-bond acceptors (Lipinski definition) is 6. The van der Waals surface area contributed by atoms with Gasteiger partial charge in [-0.05, 0) is 47.2 Å². The van der Waals surface area contributed by atoms with Crippen LogP contribution in [0, 0.1) is 0 Å². The first-order valence-corrected chi connectivity index (χ1v) is 12.4. The predicted octanol–water partition coefficient (Wildman–Crippen LogP) is 4.90. The van der Waals surface area contributed by atoms with E-state index in [1.165, 1.54) is 11.1 Å². The van der Waals surface area contributed by atoms with Crippen LogP contribution in [-0.4, -0.2) is 33.7 Å². The lowest BCUT2D eigenvalue weighted by Crippen LogP contribution is -2.14. The number of nitrogens with two attached hydrogens (primary N) is 1. The first kappa shape index (κ1) is 25.0. The molecule has 0 saturated carbocycles. The summed E-state index contributed by atoms with van der Waals surface area (Å²) in [4.78, 5) is 29.5. The topological polar surface area (TPSA) is 124 Å². The molecule has 9 heteroatoms. The second-order valence-corrected chi connectivity index (χ2v) is 10.3. The minimum absolute atomic E-state index is 0.0357. The fourth-order valence-electron chi connectivity index (χ4n) is 4.50. The van der Waals surface area contributed by atoms with E-state index in [-0.39, 0.29) is 11.3 Å². The lowest BCUT2D eigenvalue weighted by Gasteiger charge is -2.21. The zero-order valence-corrected chi connectivity index (χ0v) is 21.8. The van der Waals surface area contributed by atoms with Gasteiger partial charge in [-0.3, -0.25) is 9.59 Å². The van der Waals surface area contributed by atoms with E-state index < -0.39 is 5.91 Å². The lowest BCUT2D eigenvalue weighted by atomic mass is 9.85. The minimum atomic E-state index is -0.575. The van der Waals surface area contributed by atoms with Crippen molar-refractivity contribution in [1.29, 1.82) is 0 Å². The minimum Gasteiger partial charge on any atom is -0.497 e. The van der Waals surface area contributed by atoms with E-state index in [2.05, 4.69) is 48.5 Å². The summed E-state index contributed by atoms with van der Waals surface area (Å²) >= 11 is 0. The fraction of sp³-hybridized carbons (Fsp3) is 0.241. The van der Waals surface area contributed by atoms with E-state index in [0.29, 0.717) is 46.3 Å². The second kappa shape index (κ2) is 9.66. The Balaban J connectivity index is 1.43. The summed E-state index contributed by atoms with van der Waals surface area (Å²) in [6.07, 6.45) is 2.32. The van der Waals surface area contributed by atoms with E-state index in [1.54, 1.807) is 54.4 Å². The standard InChI is InChI=1S/C29H30N6O3/c1-29(2,3)20-9-10-22-19(15-20)12-14-35-27(32-22)24(26(30)36)25(34-35)17-5-7-18(8-6-17)28(37)33-23-16-21(38-4)11-13-31-23/h5-11,13,15-16,32H,12,14H2,1-4H3,(H2,30,36)(H,31,33,37). The van der Waals surface area contributed by atoms with Crippen LogP contribution in [0.1, 0.15) is 52.6 Å². The molecule has 2 amide bonds. The zero-order chi connectivity index (χ0) is 27.0. The summed E-state index contributed by atoms with van der Waals surface area (Å²) in [6, 6.07) is 16.6. The molecule has 5 rings (SSSR count). The highest BCUT2D eigenvalue weighted by Gasteiger charge is 2.27. The third kappa shape index (κ3) is 4.82. The van der Waals surface area contributed by atoms with E-state index in [4.69, 9.17) is 15.6 Å². The third-order valence-corrected chi connectivity index (χ3v) is 6.65. The van der Waals surface area contributed by atoms with Crippen LogP contribution in [0.3, 0.4) is 0 Å². The number of rotatable bonds is 5. The van der Waals surface area contributed by atoms with Crippen LogP contribution in [-0.2, 0) is 18.4 Å². The van der Waals surface area contributed by atoms with Crippen molar-refractivity contribution < 1.29 is 14.3 Å². The van der Waals surface area contributed by atoms with Crippen LogP contribution in [0.2, 0.25) is 0 Å². The molecule has 2 aromatic carbocycles.